The van der Waals surface area contributed by atoms with E-state index >= 15 is 0 Å². The summed E-state index contributed by atoms with van der Waals surface area (Å²) in [5, 5.41) is 3.40. The number of hydrogen-bond acceptors (Lipinski definition) is 1. The van der Waals surface area contributed by atoms with Gasteiger partial charge in [0.2, 0.25) is 0 Å². The fourth-order valence-corrected chi connectivity index (χ4v) is 1.85. The van der Waals surface area contributed by atoms with Crippen LogP contribution in [0.1, 0.15) is 10.4 Å². The molecular formula is C9H8BrFINO. The van der Waals surface area contributed by atoms with E-state index in [-0.39, 0.29) is 11.7 Å². The second kappa shape index (κ2) is 5.65. The largest absolute Gasteiger partial charge is 0.351 e. The summed E-state index contributed by atoms with van der Waals surface area (Å²) in [6.45, 7) is 0.562. The first-order valence-electron chi connectivity index (χ1n) is 3.94. The van der Waals surface area contributed by atoms with Crippen molar-refractivity contribution in [1.29, 1.82) is 0 Å². The van der Waals surface area contributed by atoms with Gasteiger partial charge in [-0.2, -0.15) is 0 Å². The molecule has 0 aromatic heterocycles. The van der Waals surface area contributed by atoms with E-state index in [0.717, 1.165) is 0 Å². The molecule has 0 spiro atoms. The van der Waals surface area contributed by atoms with E-state index in [9.17, 15) is 9.18 Å². The van der Waals surface area contributed by atoms with Crippen molar-refractivity contribution in [3.63, 3.8) is 0 Å². The molecule has 0 aliphatic rings. The van der Waals surface area contributed by atoms with Crippen LogP contribution in [0, 0.1) is 9.39 Å². The van der Waals surface area contributed by atoms with Gasteiger partial charge in [0.15, 0.2) is 0 Å². The van der Waals surface area contributed by atoms with Crippen molar-refractivity contribution < 1.29 is 9.18 Å². The Morgan fingerprint density at radius 1 is 1.57 bits per heavy atom. The highest BCUT2D eigenvalue weighted by Gasteiger charge is 2.09. The van der Waals surface area contributed by atoms with Gasteiger partial charge in [-0.05, 0) is 40.8 Å². The van der Waals surface area contributed by atoms with Gasteiger partial charge in [0.25, 0.3) is 5.91 Å². The lowest BCUT2D eigenvalue weighted by Crippen LogP contribution is -2.25. The van der Waals surface area contributed by atoms with E-state index < -0.39 is 0 Å². The maximum absolute atomic E-state index is 12.7. The molecule has 0 radical (unpaired) electrons. The number of benzene rings is 1. The molecule has 5 heteroatoms. The van der Waals surface area contributed by atoms with Crippen LogP contribution >= 0.6 is 38.5 Å². The molecule has 1 N–H and O–H groups in total. The number of rotatable bonds is 3. The molecule has 0 fully saturated rings. The molecular weight excluding hydrogens is 364 g/mol. The van der Waals surface area contributed by atoms with Gasteiger partial charge in [0, 0.05) is 15.4 Å². The van der Waals surface area contributed by atoms with Gasteiger partial charge >= 0.3 is 0 Å². The fourth-order valence-electron chi connectivity index (χ4n) is 0.930. The Balaban J connectivity index is 2.80. The summed E-state index contributed by atoms with van der Waals surface area (Å²) in [4.78, 5) is 11.5. The van der Waals surface area contributed by atoms with Gasteiger partial charge in [0.05, 0.1) is 5.56 Å². The SMILES string of the molecule is O=C(NCCBr)c1ccc(F)cc1I. The van der Waals surface area contributed by atoms with Crippen LogP contribution < -0.4 is 5.32 Å². The third-order valence-corrected chi connectivity index (χ3v) is 2.84. The molecule has 0 atom stereocenters. The van der Waals surface area contributed by atoms with Crippen molar-refractivity contribution in [2.75, 3.05) is 11.9 Å². The van der Waals surface area contributed by atoms with Crippen molar-refractivity contribution >= 4 is 44.4 Å². The monoisotopic (exact) mass is 371 g/mol. The third kappa shape index (κ3) is 3.20. The Bertz CT molecular complexity index is 346. The van der Waals surface area contributed by atoms with Crippen LogP contribution in [0.25, 0.3) is 0 Å². The van der Waals surface area contributed by atoms with Crippen molar-refractivity contribution in [1.82, 2.24) is 5.32 Å². The highest BCUT2D eigenvalue weighted by atomic mass is 127. The molecule has 0 aliphatic carbocycles. The third-order valence-electron chi connectivity index (χ3n) is 1.56. The van der Waals surface area contributed by atoms with Gasteiger partial charge in [0.1, 0.15) is 5.82 Å². The molecule has 1 aromatic carbocycles. The summed E-state index contributed by atoms with van der Waals surface area (Å²) in [6, 6.07) is 4.11. The lowest BCUT2D eigenvalue weighted by Gasteiger charge is -2.04. The van der Waals surface area contributed by atoms with Crippen LogP contribution in [0.4, 0.5) is 4.39 Å². The maximum atomic E-state index is 12.7. The van der Waals surface area contributed by atoms with Crippen molar-refractivity contribution in [2.24, 2.45) is 0 Å². The van der Waals surface area contributed by atoms with E-state index in [0.29, 0.717) is 21.0 Å². The standard InChI is InChI=1S/C9H8BrFINO/c10-3-4-13-9(14)7-2-1-6(11)5-8(7)12/h1-2,5H,3-4H2,(H,13,14). The molecule has 1 aromatic rings. The quantitative estimate of drug-likeness (QED) is 0.642. The zero-order chi connectivity index (χ0) is 10.6. The average Bonchev–Trinajstić information content (AvgIpc) is 2.14. The molecule has 0 bridgehead atoms. The fraction of sp³-hybridized carbons (Fsp3) is 0.222. The van der Waals surface area contributed by atoms with Gasteiger partial charge in [-0.25, -0.2) is 4.39 Å². The zero-order valence-electron chi connectivity index (χ0n) is 7.19. The number of carbonyl (C=O) groups excluding carboxylic acids is 1. The van der Waals surface area contributed by atoms with E-state index in [1.54, 1.807) is 0 Å². The van der Waals surface area contributed by atoms with E-state index in [1.807, 2.05) is 22.6 Å². The van der Waals surface area contributed by atoms with Crippen molar-refractivity contribution in [2.45, 2.75) is 0 Å². The van der Waals surface area contributed by atoms with Crippen LogP contribution in [0.2, 0.25) is 0 Å². The first-order valence-corrected chi connectivity index (χ1v) is 6.14. The average molecular weight is 372 g/mol. The van der Waals surface area contributed by atoms with Crippen LogP contribution in [0.15, 0.2) is 18.2 Å². The Labute approximate surface area is 104 Å². The normalized spacial score (nSPS) is 9.93. The predicted molar refractivity (Wildman–Crippen MR) is 65.2 cm³/mol. The van der Waals surface area contributed by atoms with Crippen molar-refractivity contribution in [3.05, 3.63) is 33.1 Å². The molecule has 0 heterocycles. The molecule has 2 nitrogen and oxygen atoms in total. The highest BCUT2D eigenvalue weighted by Crippen LogP contribution is 2.13. The number of alkyl halides is 1. The van der Waals surface area contributed by atoms with Crippen LogP contribution in [-0.2, 0) is 0 Å². The first-order chi connectivity index (χ1) is 6.65. The summed E-state index contributed by atoms with van der Waals surface area (Å²) < 4.78 is 13.3. The molecule has 76 valence electrons. The summed E-state index contributed by atoms with van der Waals surface area (Å²) in [6.07, 6.45) is 0. The number of halogens is 3. The Kier molecular flexibility index (Phi) is 4.80. The Morgan fingerprint density at radius 2 is 2.29 bits per heavy atom. The number of carbonyl (C=O) groups is 1. The summed E-state index contributed by atoms with van der Waals surface area (Å²) in [5.41, 5.74) is 0.507. The minimum absolute atomic E-state index is 0.172. The van der Waals surface area contributed by atoms with Crippen molar-refractivity contribution in [3.8, 4) is 0 Å². The van der Waals surface area contributed by atoms with Gasteiger partial charge in [-0.1, -0.05) is 15.9 Å². The second-order valence-electron chi connectivity index (χ2n) is 2.57. The van der Waals surface area contributed by atoms with Crippen LogP contribution in [0.3, 0.4) is 0 Å². The Hall–Kier alpha value is -0.170. The summed E-state index contributed by atoms with van der Waals surface area (Å²) >= 11 is 5.14. The van der Waals surface area contributed by atoms with Gasteiger partial charge in [-0.3, -0.25) is 4.79 Å². The zero-order valence-corrected chi connectivity index (χ0v) is 10.9. The van der Waals surface area contributed by atoms with E-state index in [4.69, 9.17) is 0 Å². The minimum atomic E-state index is -0.327. The number of nitrogens with one attached hydrogen (secondary N) is 1. The van der Waals surface area contributed by atoms with Crippen LogP contribution in [0.5, 0.6) is 0 Å². The molecule has 0 saturated heterocycles. The van der Waals surface area contributed by atoms with Gasteiger partial charge < -0.3 is 5.32 Å². The molecule has 0 saturated carbocycles. The summed E-state index contributed by atoms with van der Waals surface area (Å²) in [7, 11) is 0. The van der Waals surface area contributed by atoms with E-state index in [2.05, 4.69) is 21.2 Å². The number of amides is 1. The molecule has 0 aliphatic heterocycles. The molecule has 1 amide bonds. The molecule has 0 unspecified atom stereocenters. The Morgan fingerprint density at radius 3 is 2.86 bits per heavy atom. The number of hydrogen-bond donors (Lipinski definition) is 1. The van der Waals surface area contributed by atoms with Crippen LogP contribution in [-0.4, -0.2) is 17.8 Å². The topological polar surface area (TPSA) is 29.1 Å². The lowest BCUT2D eigenvalue weighted by atomic mass is 10.2. The second-order valence-corrected chi connectivity index (χ2v) is 4.52. The first kappa shape index (κ1) is 11.9. The molecule has 14 heavy (non-hydrogen) atoms. The summed E-state index contributed by atoms with van der Waals surface area (Å²) in [5.74, 6) is -0.500. The molecule has 1 rings (SSSR count). The van der Waals surface area contributed by atoms with E-state index in [1.165, 1.54) is 18.2 Å². The van der Waals surface area contributed by atoms with Gasteiger partial charge in [-0.15, -0.1) is 0 Å². The maximum Gasteiger partial charge on any atom is 0.252 e. The predicted octanol–water partition coefficient (Wildman–Crippen LogP) is 2.56. The lowest BCUT2D eigenvalue weighted by molar-refractivity contribution is 0.0955. The smallest absolute Gasteiger partial charge is 0.252 e. The highest BCUT2D eigenvalue weighted by molar-refractivity contribution is 14.1. The minimum Gasteiger partial charge on any atom is -0.351 e.